The molecule has 0 bridgehead atoms. The van der Waals surface area contributed by atoms with Crippen LogP contribution in [0.1, 0.15) is 19.5 Å². The first-order valence-electron chi connectivity index (χ1n) is 12.5. The van der Waals surface area contributed by atoms with Crippen LogP contribution in [0.4, 0.5) is 31.8 Å². The van der Waals surface area contributed by atoms with Crippen LogP contribution in [-0.4, -0.2) is 57.1 Å². The highest BCUT2D eigenvalue weighted by Crippen LogP contribution is 2.39. The Morgan fingerprint density at radius 3 is 2.50 bits per heavy atom. The normalized spacial score (nSPS) is 14.1. The van der Waals surface area contributed by atoms with Gasteiger partial charge in [-0.1, -0.05) is 6.92 Å². The highest BCUT2D eigenvalue weighted by atomic mass is 19.1. The number of nitrogens with one attached hydrogen (secondary N) is 1. The predicted octanol–water partition coefficient (Wildman–Crippen LogP) is 5.66. The molecule has 1 N–H and O–H groups in total. The van der Waals surface area contributed by atoms with Crippen molar-refractivity contribution < 1.29 is 13.5 Å². The number of halogens is 2. The quantitative estimate of drug-likeness (QED) is 0.316. The van der Waals surface area contributed by atoms with Gasteiger partial charge < -0.3 is 24.4 Å². The van der Waals surface area contributed by atoms with E-state index in [9.17, 15) is 4.39 Å². The van der Waals surface area contributed by atoms with Gasteiger partial charge in [0.1, 0.15) is 18.0 Å². The monoisotopic (exact) mass is 518 g/mol. The van der Waals surface area contributed by atoms with Gasteiger partial charge in [-0.05, 0) is 38.6 Å². The van der Waals surface area contributed by atoms with Gasteiger partial charge >= 0.3 is 0 Å². The Hall–Kier alpha value is -4.30. The van der Waals surface area contributed by atoms with Crippen molar-refractivity contribution in [2.45, 2.75) is 27.3 Å². The second-order valence-electron chi connectivity index (χ2n) is 9.00. The van der Waals surface area contributed by atoms with Gasteiger partial charge in [0.2, 0.25) is 5.88 Å². The van der Waals surface area contributed by atoms with E-state index < -0.39 is 11.6 Å². The van der Waals surface area contributed by atoms with Crippen molar-refractivity contribution in [3.63, 3.8) is 0 Å². The molecule has 1 saturated heterocycles. The van der Waals surface area contributed by atoms with Crippen LogP contribution in [0.15, 0.2) is 36.8 Å². The Kier molecular flexibility index (Phi) is 7.07. The third-order valence-corrected chi connectivity index (χ3v) is 6.84. The number of hydrogen-bond donors (Lipinski definition) is 1. The SMILES string of the molecule is [C-]#[N+]c1c(Nc2ccc(N3CCN(CC)CC3)cn2)ncnc1Oc1cc(F)c2c(cc(C)n2CC)c1F. The summed E-state index contributed by atoms with van der Waals surface area (Å²) in [5.74, 6) is -1.26. The summed E-state index contributed by atoms with van der Waals surface area (Å²) in [4.78, 5) is 20.8. The predicted molar refractivity (Wildman–Crippen MR) is 142 cm³/mol. The summed E-state index contributed by atoms with van der Waals surface area (Å²) in [6.07, 6.45) is 2.97. The van der Waals surface area contributed by atoms with E-state index in [0.29, 0.717) is 12.4 Å². The summed E-state index contributed by atoms with van der Waals surface area (Å²) in [6, 6.07) is 6.32. The maximum Gasteiger partial charge on any atom is 0.288 e. The van der Waals surface area contributed by atoms with Gasteiger partial charge in [0.25, 0.3) is 5.69 Å². The van der Waals surface area contributed by atoms with E-state index in [-0.39, 0.29) is 34.0 Å². The lowest BCUT2D eigenvalue weighted by Crippen LogP contribution is -2.46. The molecule has 0 amide bonds. The van der Waals surface area contributed by atoms with Crippen molar-refractivity contribution in [3.05, 3.63) is 65.5 Å². The molecule has 5 rings (SSSR count). The number of hydrogen-bond acceptors (Lipinski definition) is 7. The van der Waals surface area contributed by atoms with E-state index in [4.69, 9.17) is 11.3 Å². The van der Waals surface area contributed by atoms with Gasteiger partial charge in [-0.3, -0.25) is 0 Å². The summed E-state index contributed by atoms with van der Waals surface area (Å²) < 4.78 is 37.6. The fourth-order valence-corrected chi connectivity index (χ4v) is 4.79. The van der Waals surface area contributed by atoms with Crippen LogP contribution < -0.4 is 15.0 Å². The van der Waals surface area contributed by atoms with Gasteiger partial charge in [-0.15, -0.1) is 0 Å². The molecule has 1 aliphatic heterocycles. The number of benzene rings is 1. The molecule has 1 aliphatic rings. The number of piperazine rings is 1. The highest BCUT2D eigenvalue weighted by Gasteiger charge is 2.22. The number of ether oxygens (including phenoxy) is 1. The molecule has 4 aromatic rings. The smallest absolute Gasteiger partial charge is 0.288 e. The Bertz CT molecular complexity index is 1500. The van der Waals surface area contributed by atoms with E-state index >= 15 is 4.39 Å². The second kappa shape index (κ2) is 10.6. The average molecular weight is 519 g/mol. The summed E-state index contributed by atoms with van der Waals surface area (Å²) in [7, 11) is 0. The van der Waals surface area contributed by atoms with Crippen LogP contribution in [0.3, 0.4) is 0 Å². The summed E-state index contributed by atoms with van der Waals surface area (Å²) in [5, 5.41) is 3.12. The largest absolute Gasteiger partial charge is 0.446 e. The van der Waals surface area contributed by atoms with Crippen molar-refractivity contribution in [1.82, 2.24) is 24.4 Å². The number of pyridine rings is 1. The van der Waals surface area contributed by atoms with E-state index in [1.165, 1.54) is 6.33 Å². The van der Waals surface area contributed by atoms with Crippen molar-refractivity contribution in [2.24, 2.45) is 0 Å². The molecular formula is C27H28F2N8O. The van der Waals surface area contributed by atoms with Gasteiger partial charge in [0.15, 0.2) is 17.4 Å². The molecule has 11 heteroatoms. The van der Waals surface area contributed by atoms with E-state index in [0.717, 1.165) is 50.2 Å². The lowest BCUT2D eigenvalue weighted by molar-refractivity contribution is 0.271. The minimum atomic E-state index is -0.724. The minimum absolute atomic E-state index is 0.0729. The molecule has 0 radical (unpaired) electrons. The molecule has 0 aliphatic carbocycles. The molecule has 196 valence electrons. The van der Waals surface area contributed by atoms with Gasteiger partial charge in [-0.25, -0.2) is 28.6 Å². The van der Waals surface area contributed by atoms with Gasteiger partial charge in [0.05, 0.1) is 24.0 Å². The molecule has 4 heterocycles. The third-order valence-electron chi connectivity index (χ3n) is 6.84. The fraction of sp³-hybridized carbons (Fsp3) is 0.333. The Labute approximate surface area is 219 Å². The zero-order valence-electron chi connectivity index (χ0n) is 21.5. The van der Waals surface area contributed by atoms with Crippen molar-refractivity contribution in [3.8, 4) is 11.6 Å². The Morgan fingerprint density at radius 1 is 1.05 bits per heavy atom. The zero-order chi connectivity index (χ0) is 26.8. The van der Waals surface area contributed by atoms with Crippen molar-refractivity contribution in [1.29, 1.82) is 0 Å². The molecule has 0 unspecified atom stereocenters. The molecule has 0 spiro atoms. The van der Waals surface area contributed by atoms with E-state index in [2.05, 4.69) is 41.8 Å². The van der Waals surface area contributed by atoms with Crippen LogP contribution in [-0.2, 0) is 6.54 Å². The van der Waals surface area contributed by atoms with E-state index in [1.807, 2.05) is 19.1 Å². The molecule has 9 nitrogen and oxygen atoms in total. The molecule has 3 aromatic heterocycles. The Balaban J connectivity index is 1.38. The Morgan fingerprint density at radius 2 is 1.84 bits per heavy atom. The zero-order valence-corrected chi connectivity index (χ0v) is 21.5. The molecule has 0 saturated carbocycles. The summed E-state index contributed by atoms with van der Waals surface area (Å²) in [5.41, 5.74) is 1.85. The van der Waals surface area contributed by atoms with Crippen LogP contribution in [0.25, 0.3) is 15.7 Å². The van der Waals surface area contributed by atoms with Crippen LogP contribution in [0.2, 0.25) is 0 Å². The first-order valence-corrected chi connectivity index (χ1v) is 12.5. The average Bonchev–Trinajstić information content (AvgIpc) is 3.29. The molecule has 1 aromatic carbocycles. The lowest BCUT2D eigenvalue weighted by Gasteiger charge is -2.35. The molecular weight excluding hydrogens is 490 g/mol. The number of aryl methyl sites for hydroxylation is 2. The van der Waals surface area contributed by atoms with Crippen molar-refractivity contribution in [2.75, 3.05) is 42.9 Å². The number of nitrogens with zero attached hydrogens (tertiary/aromatic N) is 7. The number of likely N-dealkylation sites (N-methyl/N-ethyl adjacent to an activating group) is 1. The number of anilines is 3. The first-order chi connectivity index (χ1) is 18.4. The summed E-state index contributed by atoms with van der Waals surface area (Å²) >= 11 is 0. The van der Waals surface area contributed by atoms with Crippen molar-refractivity contribution >= 4 is 33.9 Å². The first kappa shape index (κ1) is 25.4. The number of fused-ring (bicyclic) bond motifs is 1. The molecule has 38 heavy (non-hydrogen) atoms. The molecule has 1 fully saturated rings. The summed E-state index contributed by atoms with van der Waals surface area (Å²) in [6.45, 7) is 18.9. The topological polar surface area (TPSA) is 75.7 Å². The highest BCUT2D eigenvalue weighted by molar-refractivity contribution is 5.84. The van der Waals surface area contributed by atoms with Gasteiger partial charge in [0, 0.05) is 49.9 Å². The maximum atomic E-state index is 15.3. The van der Waals surface area contributed by atoms with E-state index in [1.54, 1.807) is 23.8 Å². The van der Waals surface area contributed by atoms with Crippen LogP contribution in [0, 0.1) is 25.1 Å². The van der Waals surface area contributed by atoms with Crippen LogP contribution >= 0.6 is 0 Å². The third kappa shape index (κ3) is 4.70. The van der Waals surface area contributed by atoms with Gasteiger partial charge in [-0.2, -0.15) is 0 Å². The van der Waals surface area contributed by atoms with Crippen LogP contribution in [0.5, 0.6) is 11.6 Å². The second-order valence-corrected chi connectivity index (χ2v) is 9.00. The number of aromatic nitrogens is 4. The number of rotatable bonds is 7. The maximum absolute atomic E-state index is 15.3. The minimum Gasteiger partial charge on any atom is -0.446 e. The fourth-order valence-electron chi connectivity index (χ4n) is 4.79. The molecule has 0 atom stereocenters. The standard InChI is InChI=1S/C27H28F2N8O/c1-5-35-9-11-36(12-10-35)18-7-8-22(31-15-18)34-26-24(30-4)27(33-16-32-26)38-21-14-20(28)25-19(23(21)29)13-17(3)37(25)6-2/h7-8,13-16H,5-6,9-12H2,1-3H3,(H,31,32,33,34). The lowest BCUT2D eigenvalue weighted by atomic mass is 10.2.